The van der Waals surface area contributed by atoms with Crippen LogP contribution in [0.5, 0.6) is 0 Å². The van der Waals surface area contributed by atoms with Crippen molar-refractivity contribution in [3.63, 3.8) is 0 Å². The van der Waals surface area contributed by atoms with Crippen molar-refractivity contribution in [3.05, 3.63) is 0 Å². The van der Waals surface area contributed by atoms with Gasteiger partial charge in [-0.25, -0.2) is 13.2 Å². The molecule has 0 aromatic rings. The highest BCUT2D eigenvalue weighted by Gasteiger charge is 2.46. The van der Waals surface area contributed by atoms with E-state index in [4.69, 9.17) is 10.2 Å². The molecule has 0 radical (unpaired) electrons. The second kappa shape index (κ2) is 3.59. The molecule has 2 N–H and O–H groups in total. The van der Waals surface area contributed by atoms with Crippen LogP contribution in [0.1, 0.15) is 0 Å². The van der Waals surface area contributed by atoms with Crippen molar-refractivity contribution >= 4 is 0 Å². The van der Waals surface area contributed by atoms with Crippen molar-refractivity contribution in [1.82, 2.24) is 0 Å². The van der Waals surface area contributed by atoms with Crippen LogP contribution >= 0.6 is 0 Å². The van der Waals surface area contributed by atoms with Crippen LogP contribution in [0.15, 0.2) is 0 Å². The first-order valence-electron chi connectivity index (χ1n) is 3.44. The van der Waals surface area contributed by atoms with Gasteiger partial charge in [0.2, 0.25) is 0 Å². The fraction of sp³-hybridized carbons (Fsp3) is 1.00. The lowest BCUT2D eigenvalue weighted by atomic mass is 10.0. The summed E-state index contributed by atoms with van der Waals surface area (Å²) in [4.78, 5) is 0. The van der Waals surface area contributed by atoms with Gasteiger partial charge in [-0.3, -0.25) is 0 Å². The molecular weight excluding hydrogens is 177 g/mol. The van der Waals surface area contributed by atoms with Crippen LogP contribution in [-0.4, -0.2) is 47.7 Å². The van der Waals surface area contributed by atoms with Gasteiger partial charge in [0, 0.05) is 0 Å². The molecule has 72 valence electrons. The molecule has 0 spiro atoms. The Kier molecular flexibility index (Phi) is 2.92. The van der Waals surface area contributed by atoms with E-state index in [0.29, 0.717) is 0 Å². The van der Waals surface area contributed by atoms with Crippen LogP contribution in [-0.2, 0) is 4.74 Å². The molecule has 6 heteroatoms. The number of aliphatic hydroxyl groups excluding tert-OH is 2. The lowest BCUT2D eigenvalue weighted by molar-refractivity contribution is -0.246. The summed E-state index contributed by atoms with van der Waals surface area (Å²) in [5, 5.41) is 17.1. The van der Waals surface area contributed by atoms with Gasteiger partial charge < -0.3 is 14.9 Å². The SMILES string of the molecule is OCC1OC(O)C(F)C(F)[C@@H]1F. The largest absolute Gasteiger partial charge is 0.394 e. The molecule has 5 atom stereocenters. The molecule has 3 nitrogen and oxygen atoms in total. The van der Waals surface area contributed by atoms with Crippen molar-refractivity contribution in [2.75, 3.05) is 6.61 Å². The molecule has 1 aliphatic rings. The average molecular weight is 186 g/mol. The van der Waals surface area contributed by atoms with Crippen LogP contribution in [0.2, 0.25) is 0 Å². The topological polar surface area (TPSA) is 49.7 Å². The van der Waals surface area contributed by atoms with Gasteiger partial charge in [-0.1, -0.05) is 0 Å². The predicted octanol–water partition coefficient (Wildman–Crippen LogP) is -0.290. The summed E-state index contributed by atoms with van der Waals surface area (Å²) in [5.41, 5.74) is 0. The highest BCUT2D eigenvalue weighted by molar-refractivity contribution is 4.89. The second-order valence-corrected chi connectivity index (χ2v) is 2.58. The van der Waals surface area contributed by atoms with Gasteiger partial charge in [0.15, 0.2) is 24.8 Å². The van der Waals surface area contributed by atoms with E-state index in [1.165, 1.54) is 0 Å². The zero-order valence-corrected chi connectivity index (χ0v) is 6.03. The molecule has 0 bridgehead atoms. The maximum Gasteiger partial charge on any atom is 0.189 e. The molecule has 0 amide bonds. The Morgan fingerprint density at radius 3 is 2.17 bits per heavy atom. The average Bonchev–Trinajstić information content (AvgIpc) is 2.08. The number of rotatable bonds is 1. The lowest BCUT2D eigenvalue weighted by Gasteiger charge is -2.33. The predicted molar refractivity (Wildman–Crippen MR) is 32.7 cm³/mol. The molecule has 4 unspecified atom stereocenters. The van der Waals surface area contributed by atoms with Gasteiger partial charge >= 0.3 is 0 Å². The molecule has 1 saturated heterocycles. The first-order chi connectivity index (χ1) is 5.57. The maximum absolute atomic E-state index is 12.7. The number of ether oxygens (including phenoxy) is 1. The van der Waals surface area contributed by atoms with Crippen LogP contribution in [0.4, 0.5) is 13.2 Å². The Morgan fingerprint density at radius 1 is 1.08 bits per heavy atom. The normalized spacial score (nSPS) is 49.2. The Labute approximate surface area is 66.8 Å². The van der Waals surface area contributed by atoms with E-state index in [-0.39, 0.29) is 0 Å². The van der Waals surface area contributed by atoms with Crippen molar-refractivity contribution in [2.45, 2.75) is 30.9 Å². The van der Waals surface area contributed by atoms with Gasteiger partial charge in [0.25, 0.3) is 0 Å². The van der Waals surface area contributed by atoms with E-state index >= 15 is 0 Å². The van der Waals surface area contributed by atoms with Crippen molar-refractivity contribution < 1.29 is 28.1 Å². The van der Waals surface area contributed by atoms with E-state index in [0.717, 1.165) is 0 Å². The second-order valence-electron chi connectivity index (χ2n) is 2.58. The molecular formula is C6H9F3O3. The fourth-order valence-electron chi connectivity index (χ4n) is 1.01. The van der Waals surface area contributed by atoms with Crippen LogP contribution in [0.25, 0.3) is 0 Å². The Bertz CT molecular complexity index is 152. The third kappa shape index (κ3) is 1.55. The third-order valence-electron chi connectivity index (χ3n) is 1.73. The molecule has 1 aliphatic heterocycles. The summed E-state index contributed by atoms with van der Waals surface area (Å²) in [5.74, 6) is 0. The molecule has 1 rings (SSSR count). The van der Waals surface area contributed by atoms with Crippen molar-refractivity contribution in [2.24, 2.45) is 0 Å². The minimum Gasteiger partial charge on any atom is -0.394 e. The van der Waals surface area contributed by atoms with Crippen LogP contribution in [0.3, 0.4) is 0 Å². The standard InChI is InChI=1S/C6H9F3O3/c7-3-2(1-10)12-6(11)5(9)4(3)8/h2-6,10-11H,1H2/t2?,3-,4?,5?,6?/m1/s1. The quantitative estimate of drug-likeness (QED) is 0.591. The van der Waals surface area contributed by atoms with Gasteiger partial charge in [0.05, 0.1) is 6.61 Å². The van der Waals surface area contributed by atoms with Crippen LogP contribution in [0, 0.1) is 0 Å². The number of hydrogen-bond acceptors (Lipinski definition) is 3. The summed E-state index contributed by atoms with van der Waals surface area (Å²) in [6, 6.07) is 0. The Morgan fingerprint density at radius 2 is 1.67 bits per heavy atom. The smallest absolute Gasteiger partial charge is 0.189 e. The molecule has 0 aromatic carbocycles. The van der Waals surface area contributed by atoms with E-state index in [2.05, 4.69) is 4.74 Å². The molecule has 12 heavy (non-hydrogen) atoms. The summed E-state index contributed by atoms with van der Waals surface area (Å²) in [6.45, 7) is -0.786. The summed E-state index contributed by atoms with van der Waals surface area (Å²) in [7, 11) is 0. The van der Waals surface area contributed by atoms with E-state index in [1.807, 2.05) is 0 Å². The number of hydrogen-bond donors (Lipinski definition) is 2. The number of aliphatic hydroxyl groups is 2. The molecule has 0 aliphatic carbocycles. The third-order valence-corrected chi connectivity index (χ3v) is 1.73. The first-order valence-corrected chi connectivity index (χ1v) is 3.44. The van der Waals surface area contributed by atoms with Crippen molar-refractivity contribution in [3.8, 4) is 0 Å². The first kappa shape index (κ1) is 9.76. The molecule has 0 aromatic heterocycles. The fourth-order valence-corrected chi connectivity index (χ4v) is 1.01. The Hall–Kier alpha value is -0.330. The minimum absolute atomic E-state index is 0.786. The number of alkyl halides is 3. The van der Waals surface area contributed by atoms with E-state index in [1.54, 1.807) is 0 Å². The Balaban J connectivity index is 2.63. The zero-order chi connectivity index (χ0) is 9.30. The maximum atomic E-state index is 12.7. The van der Waals surface area contributed by atoms with Crippen molar-refractivity contribution in [1.29, 1.82) is 0 Å². The molecule has 1 heterocycles. The summed E-state index contributed by atoms with van der Waals surface area (Å²) >= 11 is 0. The highest BCUT2D eigenvalue weighted by atomic mass is 19.2. The highest BCUT2D eigenvalue weighted by Crippen LogP contribution is 2.26. The molecule has 1 fully saturated rings. The monoisotopic (exact) mass is 186 g/mol. The van der Waals surface area contributed by atoms with E-state index < -0.39 is 37.5 Å². The van der Waals surface area contributed by atoms with Gasteiger partial charge in [-0.05, 0) is 0 Å². The summed E-state index contributed by atoms with van der Waals surface area (Å²) < 4.78 is 41.9. The van der Waals surface area contributed by atoms with Gasteiger partial charge in [-0.15, -0.1) is 0 Å². The number of halogens is 3. The minimum atomic E-state index is -2.44. The summed E-state index contributed by atoms with van der Waals surface area (Å²) in [6.07, 6.45) is -10.5. The lowest BCUT2D eigenvalue weighted by Crippen LogP contribution is -2.53. The van der Waals surface area contributed by atoms with Gasteiger partial charge in [-0.2, -0.15) is 0 Å². The van der Waals surface area contributed by atoms with Crippen LogP contribution < -0.4 is 0 Å². The van der Waals surface area contributed by atoms with Gasteiger partial charge in [0.1, 0.15) is 6.10 Å². The molecule has 0 saturated carbocycles. The zero-order valence-electron chi connectivity index (χ0n) is 6.03. The van der Waals surface area contributed by atoms with E-state index in [9.17, 15) is 13.2 Å².